The Morgan fingerprint density at radius 2 is 2.17 bits per heavy atom. The molecule has 2 aliphatic heterocycles. The standard InChI is InChI=1S/C21H22ClN9O5S4/c22-15-11(29-21(25)40-15)12(30-36)16(32)28-13-17(33)31-14(19(34)35)10(7-38-18(13)31)39-9-1-2-26-5-8(9)6-37-4-3-27-20(23)24/h1-2,5,13,18,36H,3-4,6-7H2,(H2,25,29)(H,28,32)(H,34,35)(H4,23,24,27)/b30-12-/t13-,18+/m1/s1. The molecule has 2 aliphatic rings. The van der Waals surface area contributed by atoms with Crippen molar-refractivity contribution in [1.29, 1.82) is 5.41 Å². The number of carboxylic acids is 1. The average molecular weight is 644 g/mol. The van der Waals surface area contributed by atoms with Gasteiger partial charge in [0, 0.05) is 46.0 Å². The maximum absolute atomic E-state index is 13.1. The summed E-state index contributed by atoms with van der Waals surface area (Å²) in [6.07, 6.45) is 3.31. The van der Waals surface area contributed by atoms with E-state index in [0.717, 1.165) is 26.7 Å². The quantitative estimate of drug-likeness (QED) is 0.0455. The van der Waals surface area contributed by atoms with Crippen molar-refractivity contribution in [1.82, 2.24) is 25.5 Å². The van der Waals surface area contributed by atoms with E-state index < -0.39 is 34.9 Å². The second-order valence-corrected chi connectivity index (χ2v) is 13.0. The number of amides is 2. The fourth-order valence-electron chi connectivity index (χ4n) is 3.74. The number of halogens is 1. The van der Waals surface area contributed by atoms with Gasteiger partial charge >= 0.3 is 5.97 Å². The lowest BCUT2D eigenvalue weighted by molar-refractivity contribution is -0.150. The van der Waals surface area contributed by atoms with Crippen LogP contribution in [0.4, 0.5) is 5.13 Å². The van der Waals surface area contributed by atoms with Crippen molar-refractivity contribution in [2.24, 2.45) is 10.9 Å². The molecule has 2 aromatic rings. The summed E-state index contributed by atoms with van der Waals surface area (Å²) in [5.74, 6) is -1.33. The fraction of sp³-hybridized carbons (Fsp3) is 0.286. The monoisotopic (exact) mass is 643 g/mol. The molecule has 0 unspecified atom stereocenters. The van der Waals surface area contributed by atoms with Crippen LogP contribution in [0.3, 0.4) is 0 Å². The number of hydrogen-bond acceptors (Lipinski definition) is 13. The van der Waals surface area contributed by atoms with Crippen molar-refractivity contribution >= 4 is 92.8 Å². The highest BCUT2D eigenvalue weighted by Gasteiger charge is 2.54. The van der Waals surface area contributed by atoms with Gasteiger partial charge in [0.1, 0.15) is 27.1 Å². The van der Waals surface area contributed by atoms with Crippen molar-refractivity contribution in [2.75, 3.05) is 23.8 Å². The Morgan fingerprint density at radius 3 is 2.83 bits per heavy atom. The molecular weight excluding hydrogens is 622 g/mol. The van der Waals surface area contributed by atoms with Crippen molar-refractivity contribution in [2.45, 2.75) is 22.1 Å². The minimum atomic E-state index is -1.27. The smallest absolute Gasteiger partial charge is 0.353 e. The Labute approximate surface area is 248 Å². The topological polar surface area (TPSA) is 233 Å². The van der Waals surface area contributed by atoms with E-state index >= 15 is 0 Å². The Balaban J connectivity index is 1.47. The van der Waals surface area contributed by atoms with E-state index in [1.807, 2.05) is 0 Å². The highest BCUT2D eigenvalue weighted by Crippen LogP contribution is 2.46. The number of oxime groups is 1. The first kappa shape index (κ1) is 29.8. The van der Waals surface area contributed by atoms with Gasteiger partial charge in [0.15, 0.2) is 16.8 Å². The molecule has 14 nitrogen and oxygen atoms in total. The molecule has 2 atom stereocenters. The van der Waals surface area contributed by atoms with Gasteiger partial charge in [-0.15, -0.1) is 11.8 Å². The summed E-state index contributed by atoms with van der Waals surface area (Å²) in [6.45, 7) is 0.528. The van der Waals surface area contributed by atoms with Crippen LogP contribution < -0.4 is 22.1 Å². The van der Waals surface area contributed by atoms with Crippen LogP contribution in [0.25, 0.3) is 0 Å². The van der Waals surface area contributed by atoms with E-state index in [4.69, 9.17) is 28.5 Å². The van der Waals surface area contributed by atoms with Crippen LogP contribution in [-0.4, -0.2) is 84.1 Å². The number of nitrogens with zero attached hydrogens (tertiary/aromatic N) is 4. The number of nitrogens with one attached hydrogen (secondary N) is 3. The van der Waals surface area contributed by atoms with E-state index in [1.54, 1.807) is 30.2 Å². The van der Waals surface area contributed by atoms with Gasteiger partial charge in [-0.3, -0.25) is 24.9 Å². The van der Waals surface area contributed by atoms with Gasteiger partial charge in [-0.05, 0) is 11.6 Å². The van der Waals surface area contributed by atoms with E-state index in [-0.39, 0.29) is 32.6 Å². The van der Waals surface area contributed by atoms with E-state index in [0.29, 0.717) is 23.0 Å². The molecule has 1 saturated heterocycles. The van der Waals surface area contributed by atoms with Crippen LogP contribution in [-0.2, 0) is 20.1 Å². The summed E-state index contributed by atoms with van der Waals surface area (Å²) >= 11 is 11.1. The zero-order valence-corrected chi connectivity index (χ0v) is 24.3. The second kappa shape index (κ2) is 13.0. The largest absolute Gasteiger partial charge is 0.477 e. The minimum Gasteiger partial charge on any atom is -0.477 e. The molecule has 9 N–H and O–H groups in total. The Morgan fingerprint density at radius 1 is 1.40 bits per heavy atom. The second-order valence-electron chi connectivity index (χ2n) is 8.04. The van der Waals surface area contributed by atoms with Crippen molar-refractivity contribution in [3.05, 3.63) is 44.7 Å². The lowest BCUT2D eigenvalue weighted by Gasteiger charge is -2.49. The van der Waals surface area contributed by atoms with E-state index in [9.17, 15) is 24.7 Å². The zero-order valence-electron chi connectivity index (χ0n) is 20.3. The molecule has 0 bridgehead atoms. The predicted molar refractivity (Wildman–Crippen MR) is 156 cm³/mol. The third-order valence-electron chi connectivity index (χ3n) is 5.48. The number of aromatic nitrogens is 2. The molecule has 2 aromatic heterocycles. The molecule has 0 radical (unpaired) electrons. The normalized spacial score (nSPS) is 18.7. The number of anilines is 1. The minimum absolute atomic E-state index is 0.0356. The third kappa shape index (κ3) is 6.41. The number of guanidine groups is 1. The number of carbonyl (C=O) groups excluding carboxylic acids is 2. The number of nitrogens with two attached hydrogens (primary N) is 2. The summed E-state index contributed by atoms with van der Waals surface area (Å²) in [5, 5.41) is 34.2. The molecule has 4 heterocycles. The van der Waals surface area contributed by atoms with Gasteiger partial charge in [0.05, 0.1) is 0 Å². The molecule has 212 valence electrons. The molecule has 0 saturated carbocycles. The van der Waals surface area contributed by atoms with E-state index in [1.165, 1.54) is 23.5 Å². The predicted octanol–water partition coefficient (Wildman–Crippen LogP) is 1.16. The van der Waals surface area contributed by atoms with Crippen molar-refractivity contribution < 1.29 is 24.7 Å². The number of hydrogen-bond donors (Lipinski definition) is 7. The number of rotatable bonds is 11. The van der Waals surface area contributed by atoms with Gasteiger partial charge in [0.2, 0.25) is 0 Å². The van der Waals surface area contributed by atoms with Gasteiger partial charge in [-0.1, -0.05) is 39.9 Å². The number of nitrogen functional groups attached to an aromatic ring is 1. The molecule has 0 aliphatic carbocycles. The van der Waals surface area contributed by atoms with Gasteiger partial charge in [-0.2, -0.15) is 11.8 Å². The number of carboxylic acid groups (broad SMARTS) is 1. The lowest BCUT2D eigenvalue weighted by Crippen LogP contribution is -2.71. The average Bonchev–Trinajstić information content (AvgIpc) is 3.24. The third-order valence-corrected chi connectivity index (χ3v) is 10.2. The Bertz CT molecular complexity index is 1420. The molecule has 19 heteroatoms. The van der Waals surface area contributed by atoms with Crippen molar-refractivity contribution in [3.63, 3.8) is 0 Å². The molecule has 4 rings (SSSR count). The number of pyridine rings is 1. The van der Waals surface area contributed by atoms with E-state index in [2.05, 4.69) is 25.8 Å². The van der Waals surface area contributed by atoms with Gasteiger partial charge in [0.25, 0.3) is 11.8 Å². The number of thioether (sulfide) groups is 3. The highest BCUT2D eigenvalue weighted by molar-refractivity contribution is 8.06. The first-order valence-electron chi connectivity index (χ1n) is 11.2. The number of thiazole rings is 1. The fourth-order valence-corrected chi connectivity index (χ4v) is 8.16. The summed E-state index contributed by atoms with van der Waals surface area (Å²) < 4.78 is 0.0356. The van der Waals surface area contributed by atoms with Crippen LogP contribution in [0.2, 0.25) is 4.34 Å². The number of fused-ring (bicyclic) bond motifs is 1. The summed E-state index contributed by atoms with van der Waals surface area (Å²) in [7, 11) is 0. The van der Waals surface area contributed by atoms with Gasteiger partial charge < -0.3 is 32.4 Å². The van der Waals surface area contributed by atoms with Crippen LogP contribution in [0.15, 0.2) is 39.1 Å². The first-order valence-corrected chi connectivity index (χ1v) is 15.5. The highest BCUT2D eigenvalue weighted by atomic mass is 35.5. The van der Waals surface area contributed by atoms with Crippen molar-refractivity contribution in [3.8, 4) is 0 Å². The molecule has 2 amide bonds. The molecule has 1 fully saturated rings. The maximum Gasteiger partial charge on any atom is 0.353 e. The van der Waals surface area contributed by atoms with Crippen LogP contribution in [0.1, 0.15) is 11.3 Å². The summed E-state index contributed by atoms with van der Waals surface area (Å²) in [6, 6.07) is 0.728. The molecule has 40 heavy (non-hydrogen) atoms. The Hall–Kier alpha value is -3.19. The molecular formula is C21H22ClN9O5S4. The van der Waals surface area contributed by atoms with Crippen LogP contribution in [0, 0.1) is 5.41 Å². The zero-order chi connectivity index (χ0) is 29.0. The van der Waals surface area contributed by atoms with Crippen LogP contribution in [0.5, 0.6) is 0 Å². The molecule has 0 spiro atoms. The first-order chi connectivity index (χ1) is 19.1. The summed E-state index contributed by atoms with van der Waals surface area (Å²) in [5.41, 5.74) is 11.0. The number of β-lactam (4-membered cyclic amide) rings is 1. The molecule has 0 aromatic carbocycles. The number of carbonyl (C=O) groups is 3. The summed E-state index contributed by atoms with van der Waals surface area (Å²) in [4.78, 5) is 48.6. The lowest BCUT2D eigenvalue weighted by atomic mass is 10.0. The number of aliphatic carboxylic acids is 1. The van der Waals surface area contributed by atoms with Crippen LogP contribution >= 0.6 is 58.2 Å². The Kier molecular flexibility index (Phi) is 9.67. The maximum atomic E-state index is 13.1. The SMILES string of the molecule is N=C(N)NCCSCc1cnccc1SC1=C(C(=O)O)N2C(=O)[C@@H](NC(=O)/C(=N\O)c3nc(N)sc3Cl)[C@@H]2SC1. The van der Waals surface area contributed by atoms with Gasteiger partial charge in [-0.25, -0.2) is 9.78 Å².